The molecule has 150 valence electrons. The molecule has 3 aromatic heterocycles. The first-order valence-corrected chi connectivity index (χ1v) is 9.16. The Kier molecular flexibility index (Phi) is 5.26. The minimum Gasteiger partial charge on any atom is -0.481 e. The molecule has 9 heteroatoms. The van der Waals surface area contributed by atoms with Crippen molar-refractivity contribution < 1.29 is 4.74 Å². The summed E-state index contributed by atoms with van der Waals surface area (Å²) in [5.41, 5.74) is 8.77. The molecule has 9 nitrogen and oxygen atoms in total. The predicted octanol–water partition coefficient (Wildman–Crippen LogP) is 5.01. The molecule has 0 atom stereocenters. The average Bonchev–Trinajstić information content (AvgIpc) is 2.66. The third kappa shape index (κ3) is 4.20. The highest BCUT2D eigenvalue weighted by Crippen LogP contribution is 2.35. The van der Waals surface area contributed by atoms with E-state index in [-0.39, 0.29) is 5.41 Å². The van der Waals surface area contributed by atoms with Crippen LogP contribution in [0.3, 0.4) is 0 Å². The zero-order valence-electron chi connectivity index (χ0n) is 17.4. The molecule has 0 aliphatic carbocycles. The van der Waals surface area contributed by atoms with Crippen LogP contribution >= 0.6 is 0 Å². The van der Waals surface area contributed by atoms with E-state index in [0.717, 1.165) is 22.2 Å². The molecule has 3 aromatic rings. The Labute approximate surface area is 169 Å². The zero-order chi connectivity index (χ0) is 21.2. The van der Waals surface area contributed by atoms with Gasteiger partial charge in [-0.25, -0.2) is 19.9 Å². The van der Waals surface area contributed by atoms with Crippen molar-refractivity contribution in [3.8, 4) is 5.88 Å². The van der Waals surface area contributed by atoms with Crippen molar-refractivity contribution in [3.63, 3.8) is 0 Å². The summed E-state index contributed by atoms with van der Waals surface area (Å²) in [4.78, 5) is 20.7. The topological polar surface area (TPSA) is 122 Å². The van der Waals surface area contributed by atoms with Gasteiger partial charge in [0, 0.05) is 28.9 Å². The second-order valence-electron chi connectivity index (χ2n) is 8.19. The quantitative estimate of drug-likeness (QED) is 0.370. The largest absolute Gasteiger partial charge is 0.481 e. The second-order valence-corrected chi connectivity index (χ2v) is 8.19. The highest BCUT2D eigenvalue weighted by molar-refractivity contribution is 5.91. The molecule has 1 N–H and O–H groups in total. The van der Waals surface area contributed by atoms with E-state index in [1.165, 1.54) is 0 Å². The number of aromatic nitrogens is 4. The second kappa shape index (κ2) is 7.52. The molecule has 0 aromatic carbocycles. The van der Waals surface area contributed by atoms with Gasteiger partial charge in [-0.2, -0.15) is 0 Å². The maximum absolute atomic E-state index is 8.95. The van der Waals surface area contributed by atoms with Gasteiger partial charge in [-0.3, -0.25) is 0 Å². The Morgan fingerprint density at radius 1 is 1.03 bits per heavy atom. The Morgan fingerprint density at radius 3 is 2.45 bits per heavy atom. The number of hydrogen-bond donors (Lipinski definition) is 1. The van der Waals surface area contributed by atoms with Crippen LogP contribution in [0.2, 0.25) is 0 Å². The van der Waals surface area contributed by atoms with E-state index in [1.54, 1.807) is 31.8 Å². The first kappa shape index (κ1) is 20.3. The predicted molar refractivity (Wildman–Crippen MR) is 112 cm³/mol. The van der Waals surface area contributed by atoms with E-state index in [9.17, 15) is 0 Å². The average molecular weight is 392 g/mol. The van der Waals surface area contributed by atoms with Gasteiger partial charge in [0.1, 0.15) is 17.5 Å². The van der Waals surface area contributed by atoms with Crippen molar-refractivity contribution >= 4 is 22.4 Å². The van der Waals surface area contributed by atoms with E-state index in [1.807, 2.05) is 19.9 Å². The molecular formula is C20H24N8O. The molecule has 0 saturated carbocycles. The molecule has 29 heavy (non-hydrogen) atoms. The maximum Gasteiger partial charge on any atom is 0.222 e. The number of ether oxygens (including phenoxy) is 1. The van der Waals surface area contributed by atoms with Crippen molar-refractivity contribution in [2.75, 3.05) is 12.4 Å². The van der Waals surface area contributed by atoms with Gasteiger partial charge in [0.15, 0.2) is 0 Å². The van der Waals surface area contributed by atoms with Gasteiger partial charge in [0.25, 0.3) is 0 Å². The number of methoxy groups -OCH3 is 1. The van der Waals surface area contributed by atoms with Crippen LogP contribution in [0.15, 0.2) is 35.8 Å². The molecule has 0 bridgehead atoms. The standard InChI is InChI=1S/C20H24N8O/c1-19(2,3)18-22-8-7-15(26-18)25-16-9-12-13(10-23-16)17(29-6)24-11-14(12)20(4,5)27-28-21/h7-11H,1-6H3,(H,22,23,25,26). The first-order chi connectivity index (χ1) is 13.7. The van der Waals surface area contributed by atoms with Crippen molar-refractivity contribution in [2.45, 2.75) is 45.6 Å². The molecule has 0 spiro atoms. The molecule has 3 rings (SSSR count). The minimum absolute atomic E-state index is 0.167. The van der Waals surface area contributed by atoms with Gasteiger partial charge >= 0.3 is 0 Å². The van der Waals surface area contributed by atoms with Crippen molar-refractivity contribution in [2.24, 2.45) is 5.11 Å². The van der Waals surface area contributed by atoms with Crippen molar-refractivity contribution in [1.82, 2.24) is 19.9 Å². The van der Waals surface area contributed by atoms with Crippen LogP contribution < -0.4 is 10.1 Å². The van der Waals surface area contributed by atoms with Gasteiger partial charge in [0.05, 0.1) is 18.0 Å². The lowest BCUT2D eigenvalue weighted by molar-refractivity contribution is 0.402. The summed E-state index contributed by atoms with van der Waals surface area (Å²) < 4.78 is 5.37. The van der Waals surface area contributed by atoms with Crippen molar-refractivity contribution in [1.29, 1.82) is 0 Å². The minimum atomic E-state index is -0.792. The van der Waals surface area contributed by atoms with Crippen LogP contribution in [0.5, 0.6) is 5.88 Å². The van der Waals surface area contributed by atoms with Gasteiger partial charge in [-0.15, -0.1) is 0 Å². The summed E-state index contributed by atoms with van der Waals surface area (Å²) in [5.74, 6) is 2.44. The van der Waals surface area contributed by atoms with Gasteiger partial charge in [-0.05, 0) is 28.6 Å². The Morgan fingerprint density at radius 2 is 1.79 bits per heavy atom. The smallest absolute Gasteiger partial charge is 0.222 e. The molecular weight excluding hydrogens is 368 g/mol. The molecule has 3 heterocycles. The molecule has 0 saturated heterocycles. The Balaban J connectivity index is 2.11. The van der Waals surface area contributed by atoms with Crippen LogP contribution in [0.1, 0.15) is 46.0 Å². The van der Waals surface area contributed by atoms with Crippen LogP contribution in [-0.2, 0) is 11.0 Å². The molecule has 0 unspecified atom stereocenters. The molecule has 0 aliphatic rings. The number of azide groups is 1. The lowest BCUT2D eigenvalue weighted by Crippen LogP contribution is -2.16. The fourth-order valence-electron chi connectivity index (χ4n) is 2.92. The summed E-state index contributed by atoms with van der Waals surface area (Å²) >= 11 is 0. The van der Waals surface area contributed by atoms with E-state index < -0.39 is 5.54 Å². The summed E-state index contributed by atoms with van der Waals surface area (Å²) in [5, 5.41) is 8.71. The lowest BCUT2D eigenvalue weighted by atomic mass is 9.93. The summed E-state index contributed by atoms with van der Waals surface area (Å²) in [6.45, 7) is 9.85. The zero-order valence-corrected chi connectivity index (χ0v) is 17.4. The molecule has 0 fully saturated rings. The number of hydrogen-bond acceptors (Lipinski definition) is 7. The number of anilines is 2. The van der Waals surface area contributed by atoms with Gasteiger partial charge < -0.3 is 10.1 Å². The maximum atomic E-state index is 8.95. The number of pyridine rings is 2. The van der Waals surface area contributed by atoms with Crippen molar-refractivity contribution in [3.05, 3.63) is 52.6 Å². The number of fused-ring (bicyclic) bond motifs is 1. The third-order valence-corrected chi connectivity index (χ3v) is 4.47. The van der Waals surface area contributed by atoms with E-state index in [0.29, 0.717) is 17.5 Å². The summed E-state index contributed by atoms with van der Waals surface area (Å²) in [6, 6.07) is 3.67. The lowest BCUT2D eigenvalue weighted by Gasteiger charge is -2.21. The normalized spacial score (nSPS) is 11.8. The summed E-state index contributed by atoms with van der Waals surface area (Å²) in [7, 11) is 1.56. The number of nitrogens with one attached hydrogen (secondary N) is 1. The number of rotatable bonds is 5. The SMILES string of the molecule is COc1ncc(C(C)(C)N=[N+]=[N-])c2cc(Nc3ccnc(C(C)(C)C)n3)ncc12. The third-order valence-electron chi connectivity index (χ3n) is 4.47. The van der Waals surface area contributed by atoms with Crippen LogP contribution in [0.4, 0.5) is 11.6 Å². The molecule has 0 amide bonds. The van der Waals surface area contributed by atoms with E-state index in [4.69, 9.17) is 10.3 Å². The van der Waals surface area contributed by atoms with Gasteiger partial charge in [-0.1, -0.05) is 39.7 Å². The fourth-order valence-corrected chi connectivity index (χ4v) is 2.92. The monoisotopic (exact) mass is 392 g/mol. The first-order valence-electron chi connectivity index (χ1n) is 9.16. The fraction of sp³-hybridized carbons (Fsp3) is 0.400. The highest BCUT2D eigenvalue weighted by atomic mass is 16.5. The highest BCUT2D eigenvalue weighted by Gasteiger charge is 2.24. The van der Waals surface area contributed by atoms with E-state index >= 15 is 0 Å². The molecule has 0 aliphatic heterocycles. The Hall–Kier alpha value is -3.45. The molecule has 0 radical (unpaired) electrons. The van der Waals surface area contributed by atoms with E-state index in [2.05, 4.69) is 56.0 Å². The van der Waals surface area contributed by atoms with Crippen LogP contribution in [0, 0.1) is 0 Å². The summed E-state index contributed by atoms with van der Waals surface area (Å²) in [6.07, 6.45) is 5.08. The Bertz CT molecular complexity index is 1100. The van der Waals surface area contributed by atoms with Crippen LogP contribution in [0.25, 0.3) is 21.2 Å². The number of nitrogens with zero attached hydrogens (tertiary/aromatic N) is 7. The van der Waals surface area contributed by atoms with Crippen LogP contribution in [-0.4, -0.2) is 27.0 Å². The van der Waals surface area contributed by atoms with Gasteiger partial charge in [0.2, 0.25) is 5.88 Å².